The van der Waals surface area contributed by atoms with E-state index in [0.717, 1.165) is 6.61 Å². The number of nitrogens with two attached hydrogens (primary N) is 1. The van der Waals surface area contributed by atoms with Crippen molar-refractivity contribution >= 4 is 18.0 Å². The van der Waals surface area contributed by atoms with Gasteiger partial charge in [-0.3, -0.25) is 9.59 Å². The summed E-state index contributed by atoms with van der Waals surface area (Å²) in [5, 5.41) is 2.59. The molecule has 0 bridgehead atoms. The number of nitrogens with zero attached hydrogens (tertiary/aromatic N) is 2. The second-order valence-corrected chi connectivity index (χ2v) is 3.73. The molecule has 1 aromatic heterocycles. The average Bonchev–Trinajstić information content (AvgIpc) is 2.76. The summed E-state index contributed by atoms with van der Waals surface area (Å²) in [5.41, 5.74) is 5.27. The maximum absolute atomic E-state index is 11.3. The molecular formula is C12H22N4O3. The minimum atomic E-state index is -0.143. The zero-order chi connectivity index (χ0) is 14.7. The van der Waals surface area contributed by atoms with E-state index in [0.29, 0.717) is 31.5 Å². The van der Waals surface area contributed by atoms with E-state index in [9.17, 15) is 9.59 Å². The Morgan fingerprint density at radius 1 is 1.63 bits per heavy atom. The molecule has 1 heterocycles. The van der Waals surface area contributed by atoms with Crippen LogP contribution in [0.1, 0.15) is 30.4 Å². The highest BCUT2D eigenvalue weighted by atomic mass is 16.5. The van der Waals surface area contributed by atoms with Crippen LogP contribution in [0.25, 0.3) is 0 Å². The van der Waals surface area contributed by atoms with E-state index in [1.807, 2.05) is 6.92 Å². The topological polar surface area (TPSA) is 99.2 Å². The Balaban J connectivity index is 0.000000711. The number of hydrogen-bond donors (Lipinski definition) is 2. The maximum atomic E-state index is 11.3. The molecule has 0 radical (unpaired) electrons. The third-order valence-corrected chi connectivity index (χ3v) is 2.18. The van der Waals surface area contributed by atoms with Crippen LogP contribution < -0.4 is 11.1 Å². The van der Waals surface area contributed by atoms with Crippen molar-refractivity contribution in [1.29, 1.82) is 0 Å². The lowest BCUT2D eigenvalue weighted by atomic mass is 10.3. The Bertz CT molecular complexity index is 388. The molecular weight excluding hydrogens is 248 g/mol. The molecule has 0 saturated carbocycles. The molecule has 0 aliphatic carbocycles. The van der Waals surface area contributed by atoms with E-state index in [2.05, 4.69) is 15.0 Å². The third-order valence-electron chi connectivity index (χ3n) is 2.18. The van der Waals surface area contributed by atoms with E-state index in [1.54, 1.807) is 24.9 Å². The van der Waals surface area contributed by atoms with Crippen LogP contribution in [0.5, 0.6) is 0 Å². The molecule has 3 N–H and O–H groups in total. The molecule has 1 amide bonds. The number of hydrogen-bond acceptors (Lipinski definition) is 5. The van der Waals surface area contributed by atoms with Crippen molar-refractivity contribution in [2.24, 2.45) is 12.8 Å². The molecule has 108 valence electrons. The van der Waals surface area contributed by atoms with E-state index in [1.165, 1.54) is 0 Å². The molecule has 0 saturated heterocycles. The number of carbonyl (C=O) groups is 2. The van der Waals surface area contributed by atoms with Gasteiger partial charge in [-0.05, 0) is 19.9 Å². The summed E-state index contributed by atoms with van der Waals surface area (Å²) in [6.07, 6.45) is 3.22. The van der Waals surface area contributed by atoms with Crippen molar-refractivity contribution < 1.29 is 14.3 Å². The number of nitrogens with one attached hydrogen (secondary N) is 1. The minimum Gasteiger partial charge on any atom is -0.385 e. The van der Waals surface area contributed by atoms with Gasteiger partial charge in [0.1, 0.15) is 0 Å². The molecule has 0 spiro atoms. The van der Waals surface area contributed by atoms with Crippen LogP contribution >= 0.6 is 0 Å². The largest absolute Gasteiger partial charge is 0.385 e. The van der Waals surface area contributed by atoms with Gasteiger partial charge in [0, 0.05) is 33.4 Å². The fourth-order valence-corrected chi connectivity index (χ4v) is 1.12. The normalized spacial score (nSPS) is 9.47. The second kappa shape index (κ2) is 10.2. The smallest absolute Gasteiger partial charge is 0.225 e. The van der Waals surface area contributed by atoms with Gasteiger partial charge in [-0.1, -0.05) is 0 Å². The Labute approximate surface area is 113 Å². The fraction of sp³-hybridized carbons (Fsp3) is 0.583. The standard InChI is InChI=1S/C9H14N4O2.C3H8O/c1-13-5-7(11-8(13)6-14)12-9(15)3-2-4-10;1-3-4-2/h5-6H,2-4,10H2,1H3,(H,12,15);3H2,1-2H3. The van der Waals surface area contributed by atoms with Gasteiger partial charge in [-0.25, -0.2) is 4.98 Å². The van der Waals surface area contributed by atoms with Crippen LogP contribution in [-0.2, 0) is 16.6 Å². The highest BCUT2D eigenvalue weighted by Crippen LogP contribution is 2.05. The Morgan fingerprint density at radius 2 is 2.26 bits per heavy atom. The van der Waals surface area contributed by atoms with Gasteiger partial charge >= 0.3 is 0 Å². The van der Waals surface area contributed by atoms with Crippen molar-refractivity contribution in [2.45, 2.75) is 19.8 Å². The second-order valence-electron chi connectivity index (χ2n) is 3.73. The predicted molar refractivity (Wildman–Crippen MR) is 73.1 cm³/mol. The lowest BCUT2D eigenvalue weighted by Crippen LogP contribution is -2.13. The lowest BCUT2D eigenvalue weighted by molar-refractivity contribution is -0.116. The van der Waals surface area contributed by atoms with Gasteiger partial charge in [-0.15, -0.1) is 0 Å². The first-order valence-electron chi connectivity index (χ1n) is 6.06. The summed E-state index contributed by atoms with van der Waals surface area (Å²) < 4.78 is 6.09. The minimum absolute atomic E-state index is 0.143. The zero-order valence-corrected chi connectivity index (χ0v) is 11.7. The van der Waals surface area contributed by atoms with Gasteiger partial charge in [0.2, 0.25) is 5.91 Å². The summed E-state index contributed by atoms with van der Waals surface area (Å²) in [4.78, 5) is 25.7. The number of ether oxygens (including phenoxy) is 1. The molecule has 1 rings (SSSR count). The molecule has 7 heteroatoms. The molecule has 19 heavy (non-hydrogen) atoms. The number of aldehydes is 1. The van der Waals surface area contributed by atoms with Crippen LogP contribution in [0.3, 0.4) is 0 Å². The molecule has 0 aliphatic heterocycles. The first kappa shape index (κ1) is 17.3. The molecule has 0 aliphatic rings. The summed E-state index contributed by atoms with van der Waals surface area (Å²) in [6, 6.07) is 0. The van der Waals surface area contributed by atoms with Gasteiger partial charge in [-0.2, -0.15) is 0 Å². The van der Waals surface area contributed by atoms with Gasteiger partial charge in [0.15, 0.2) is 17.9 Å². The molecule has 0 aromatic carbocycles. The number of anilines is 1. The number of imidazole rings is 1. The maximum Gasteiger partial charge on any atom is 0.225 e. The van der Waals surface area contributed by atoms with E-state index >= 15 is 0 Å². The van der Waals surface area contributed by atoms with Crippen LogP contribution in [0.2, 0.25) is 0 Å². The number of rotatable bonds is 6. The van der Waals surface area contributed by atoms with E-state index in [-0.39, 0.29) is 11.7 Å². The number of aromatic nitrogens is 2. The van der Waals surface area contributed by atoms with Gasteiger partial charge < -0.3 is 20.4 Å². The summed E-state index contributed by atoms with van der Waals surface area (Å²) in [7, 11) is 3.37. The van der Waals surface area contributed by atoms with Crippen molar-refractivity contribution in [3.63, 3.8) is 0 Å². The van der Waals surface area contributed by atoms with Crippen molar-refractivity contribution in [2.75, 3.05) is 25.6 Å². The summed E-state index contributed by atoms with van der Waals surface area (Å²) >= 11 is 0. The third kappa shape index (κ3) is 7.32. The number of aryl methyl sites for hydroxylation is 1. The summed E-state index contributed by atoms with van der Waals surface area (Å²) in [6.45, 7) is 3.26. The predicted octanol–water partition coefficient (Wildman–Crippen LogP) is 0.563. The molecule has 0 unspecified atom stereocenters. The monoisotopic (exact) mass is 270 g/mol. The first-order valence-corrected chi connectivity index (χ1v) is 6.06. The first-order chi connectivity index (χ1) is 9.08. The summed E-state index contributed by atoms with van der Waals surface area (Å²) in [5.74, 6) is 0.529. The van der Waals surface area contributed by atoms with Crippen LogP contribution in [0.4, 0.5) is 5.82 Å². The number of carbonyl (C=O) groups excluding carboxylic acids is 2. The quantitative estimate of drug-likeness (QED) is 0.736. The Hall–Kier alpha value is -1.73. The zero-order valence-electron chi connectivity index (χ0n) is 11.7. The van der Waals surface area contributed by atoms with Crippen LogP contribution in [-0.4, -0.2) is 42.0 Å². The molecule has 0 atom stereocenters. The number of methoxy groups -OCH3 is 1. The highest BCUT2D eigenvalue weighted by molar-refractivity contribution is 5.90. The molecule has 7 nitrogen and oxygen atoms in total. The number of amides is 1. The Kier molecular flexibility index (Phi) is 9.29. The Morgan fingerprint density at radius 3 is 2.68 bits per heavy atom. The fourth-order valence-electron chi connectivity index (χ4n) is 1.12. The SMILES string of the molecule is CCOC.Cn1cc(NC(=O)CCCN)nc1C=O. The van der Waals surface area contributed by atoms with Crippen LogP contribution in [0, 0.1) is 0 Å². The van der Waals surface area contributed by atoms with Crippen molar-refractivity contribution in [3.05, 3.63) is 12.0 Å². The van der Waals surface area contributed by atoms with Gasteiger partial charge in [0.05, 0.1) is 0 Å². The lowest BCUT2D eigenvalue weighted by Gasteiger charge is -1.99. The molecule has 1 aromatic rings. The average molecular weight is 270 g/mol. The van der Waals surface area contributed by atoms with Gasteiger partial charge in [0.25, 0.3) is 0 Å². The van der Waals surface area contributed by atoms with Crippen molar-refractivity contribution in [1.82, 2.24) is 9.55 Å². The van der Waals surface area contributed by atoms with E-state index in [4.69, 9.17) is 5.73 Å². The van der Waals surface area contributed by atoms with Crippen molar-refractivity contribution in [3.8, 4) is 0 Å². The highest BCUT2D eigenvalue weighted by Gasteiger charge is 2.07. The van der Waals surface area contributed by atoms with E-state index < -0.39 is 0 Å². The van der Waals surface area contributed by atoms with Crippen LogP contribution in [0.15, 0.2) is 6.20 Å². The molecule has 0 fully saturated rings.